The topological polar surface area (TPSA) is 132 Å². The van der Waals surface area contributed by atoms with E-state index in [0.717, 1.165) is 83.5 Å². The van der Waals surface area contributed by atoms with Crippen LogP contribution in [0.4, 0.5) is 0 Å². The fourth-order valence-corrected chi connectivity index (χ4v) is 6.37. The third kappa shape index (κ3) is 39.9. The number of allylic oxidation sites excluding steroid dienone is 8. The van der Waals surface area contributed by atoms with Crippen molar-refractivity contribution >= 4 is 13.8 Å². The van der Waals surface area contributed by atoms with Gasteiger partial charge >= 0.3 is 13.8 Å². The molecule has 0 aromatic carbocycles. The first-order chi connectivity index (χ1) is 25.8. The Labute approximate surface area is 324 Å². The lowest BCUT2D eigenvalue weighted by Crippen LogP contribution is -2.29. The van der Waals surface area contributed by atoms with E-state index >= 15 is 0 Å². The van der Waals surface area contributed by atoms with Gasteiger partial charge in [-0.3, -0.25) is 13.8 Å². The molecule has 0 radical (unpaired) electrons. The largest absolute Gasteiger partial charge is 0.472 e. The summed E-state index contributed by atoms with van der Waals surface area (Å²) in [6.07, 6.45) is 43.5. The van der Waals surface area contributed by atoms with Crippen LogP contribution in [0.3, 0.4) is 0 Å². The number of phosphoric ester groups is 1. The molecule has 53 heavy (non-hydrogen) atoms. The average Bonchev–Trinajstić information content (AvgIpc) is 3.15. The summed E-state index contributed by atoms with van der Waals surface area (Å²) in [6.45, 7) is 3.39. The molecular formula is C43H79O9P. The van der Waals surface area contributed by atoms with E-state index in [0.29, 0.717) is 13.0 Å². The summed E-state index contributed by atoms with van der Waals surface area (Å²) in [7, 11) is -4.52. The quantitative estimate of drug-likeness (QED) is 0.0241. The second kappa shape index (κ2) is 40.1. The van der Waals surface area contributed by atoms with Gasteiger partial charge < -0.3 is 24.6 Å². The second-order valence-corrected chi connectivity index (χ2v) is 15.4. The van der Waals surface area contributed by atoms with Crippen molar-refractivity contribution in [2.75, 3.05) is 33.0 Å². The summed E-state index contributed by atoms with van der Waals surface area (Å²) in [5.74, 6) is -0.396. The minimum Gasteiger partial charge on any atom is -0.457 e. The Morgan fingerprint density at radius 1 is 0.604 bits per heavy atom. The zero-order valence-electron chi connectivity index (χ0n) is 33.7. The molecule has 9 nitrogen and oxygen atoms in total. The molecule has 10 heteroatoms. The van der Waals surface area contributed by atoms with Crippen LogP contribution in [0.5, 0.6) is 0 Å². The van der Waals surface area contributed by atoms with Crippen molar-refractivity contribution in [1.29, 1.82) is 0 Å². The predicted molar refractivity (Wildman–Crippen MR) is 219 cm³/mol. The van der Waals surface area contributed by atoms with Gasteiger partial charge in [-0.1, -0.05) is 165 Å². The van der Waals surface area contributed by atoms with E-state index in [-0.39, 0.29) is 19.6 Å². The van der Waals surface area contributed by atoms with Crippen LogP contribution >= 0.6 is 7.82 Å². The molecule has 0 saturated heterocycles. The molecule has 0 fully saturated rings. The number of phosphoric acid groups is 1. The summed E-state index contributed by atoms with van der Waals surface area (Å²) in [5, 5.41) is 18.3. The van der Waals surface area contributed by atoms with Gasteiger partial charge in [0.25, 0.3) is 0 Å². The first-order valence-electron chi connectivity index (χ1n) is 21.1. The number of carbonyl (C=O) groups is 1. The number of unbranched alkanes of at least 4 members (excludes halogenated alkanes) is 18. The molecule has 0 spiro atoms. The van der Waals surface area contributed by atoms with Crippen molar-refractivity contribution in [3.63, 3.8) is 0 Å². The molecule has 0 aliphatic rings. The first-order valence-corrected chi connectivity index (χ1v) is 22.6. The van der Waals surface area contributed by atoms with Crippen LogP contribution in [0.1, 0.15) is 174 Å². The number of hydrogen-bond acceptors (Lipinski definition) is 8. The number of rotatable bonds is 40. The molecule has 0 aliphatic heterocycles. The van der Waals surface area contributed by atoms with Crippen LogP contribution in [0.25, 0.3) is 0 Å². The Morgan fingerprint density at radius 2 is 1.08 bits per heavy atom. The minimum absolute atomic E-state index is 0.0442. The monoisotopic (exact) mass is 771 g/mol. The zero-order chi connectivity index (χ0) is 38.9. The predicted octanol–water partition coefficient (Wildman–Crippen LogP) is 11.4. The number of aliphatic hydroxyl groups excluding tert-OH is 2. The molecule has 0 saturated carbocycles. The van der Waals surface area contributed by atoms with E-state index < -0.39 is 39.2 Å². The summed E-state index contributed by atoms with van der Waals surface area (Å²) in [5.41, 5.74) is 0. The maximum Gasteiger partial charge on any atom is 0.472 e. The van der Waals surface area contributed by atoms with E-state index in [9.17, 15) is 19.4 Å². The lowest BCUT2D eigenvalue weighted by Gasteiger charge is -2.20. The Bertz CT molecular complexity index is 965. The number of hydrogen-bond donors (Lipinski definition) is 3. The van der Waals surface area contributed by atoms with Crippen LogP contribution in [-0.4, -0.2) is 66.3 Å². The molecule has 3 unspecified atom stereocenters. The summed E-state index contributed by atoms with van der Waals surface area (Å²) < 4.78 is 33.3. The van der Waals surface area contributed by atoms with Crippen molar-refractivity contribution in [1.82, 2.24) is 0 Å². The van der Waals surface area contributed by atoms with E-state index in [1.807, 2.05) is 0 Å². The highest BCUT2D eigenvalue weighted by Gasteiger charge is 2.26. The number of esters is 1. The highest BCUT2D eigenvalue weighted by molar-refractivity contribution is 7.47. The number of carbonyl (C=O) groups excluding carboxylic acids is 1. The van der Waals surface area contributed by atoms with Crippen molar-refractivity contribution in [3.05, 3.63) is 48.6 Å². The van der Waals surface area contributed by atoms with Crippen LogP contribution in [0.2, 0.25) is 0 Å². The van der Waals surface area contributed by atoms with Gasteiger partial charge in [-0.2, -0.15) is 0 Å². The van der Waals surface area contributed by atoms with Gasteiger partial charge in [0.1, 0.15) is 12.2 Å². The van der Waals surface area contributed by atoms with Crippen molar-refractivity contribution in [3.8, 4) is 0 Å². The average molecular weight is 771 g/mol. The van der Waals surface area contributed by atoms with E-state index in [1.165, 1.54) is 64.2 Å². The fourth-order valence-electron chi connectivity index (χ4n) is 5.58. The molecule has 0 bridgehead atoms. The van der Waals surface area contributed by atoms with Crippen LogP contribution in [0, 0.1) is 0 Å². The highest BCUT2D eigenvalue weighted by Crippen LogP contribution is 2.43. The number of aliphatic hydroxyl groups is 2. The molecule has 0 heterocycles. The van der Waals surface area contributed by atoms with Crippen molar-refractivity contribution in [2.45, 2.75) is 187 Å². The smallest absolute Gasteiger partial charge is 0.457 e. The highest BCUT2D eigenvalue weighted by atomic mass is 31.2. The number of ether oxygens (including phenoxy) is 2. The van der Waals surface area contributed by atoms with Gasteiger partial charge in [-0.25, -0.2) is 4.57 Å². The van der Waals surface area contributed by atoms with Gasteiger partial charge in [0, 0.05) is 13.0 Å². The van der Waals surface area contributed by atoms with Gasteiger partial charge in [0.2, 0.25) is 0 Å². The Balaban J connectivity index is 4.20. The van der Waals surface area contributed by atoms with E-state index in [2.05, 4.69) is 62.5 Å². The fraction of sp³-hybridized carbons (Fsp3) is 0.791. The lowest BCUT2D eigenvalue weighted by atomic mass is 10.0. The van der Waals surface area contributed by atoms with Gasteiger partial charge in [-0.15, -0.1) is 0 Å². The summed E-state index contributed by atoms with van der Waals surface area (Å²) in [6, 6.07) is 0. The van der Waals surface area contributed by atoms with Gasteiger partial charge in [-0.05, 0) is 51.4 Å². The Kier molecular flexibility index (Phi) is 38.9. The first kappa shape index (κ1) is 51.4. The van der Waals surface area contributed by atoms with Crippen molar-refractivity contribution < 1.29 is 43.0 Å². The maximum atomic E-state index is 12.6. The minimum atomic E-state index is -4.52. The molecule has 0 amide bonds. The van der Waals surface area contributed by atoms with E-state index in [4.69, 9.17) is 23.6 Å². The van der Waals surface area contributed by atoms with Gasteiger partial charge in [0.15, 0.2) is 0 Å². The summed E-state index contributed by atoms with van der Waals surface area (Å²) in [4.78, 5) is 22.6. The molecule has 3 atom stereocenters. The standard InChI is InChI=1S/C43H79O9P/c1-3-5-7-9-11-13-15-17-18-19-20-21-22-23-25-27-29-31-33-35-43(46)52-42(40-51-53(47,48)50-38-41(45)37-44)39-49-36-34-32-30-28-26-24-16-14-12-10-8-6-4-2/h5,7,11,13,17-18,20-21,41-42,44-45H,3-4,6,8-10,12,14-16,19,22-40H2,1-2H3,(H,47,48)/b7-5-,13-11-,18-17-,21-20-. The third-order valence-corrected chi connectivity index (χ3v) is 9.73. The summed E-state index contributed by atoms with van der Waals surface area (Å²) >= 11 is 0. The molecular weight excluding hydrogens is 691 g/mol. The molecule has 3 N–H and O–H groups in total. The van der Waals surface area contributed by atoms with Crippen LogP contribution in [0.15, 0.2) is 48.6 Å². The second-order valence-electron chi connectivity index (χ2n) is 14.0. The maximum absolute atomic E-state index is 12.6. The normalized spacial score (nSPS) is 14.6. The van der Waals surface area contributed by atoms with Gasteiger partial charge in [0.05, 0.1) is 26.4 Å². The molecule has 0 aromatic rings. The SMILES string of the molecule is CC/C=C\C/C=C\C/C=C\C/C=C\CCCCCCCCC(=O)OC(COCCCCCCCCCCCCCCC)COP(=O)(O)OCC(O)CO. The molecule has 0 rings (SSSR count). The third-order valence-electron chi connectivity index (χ3n) is 8.78. The molecule has 310 valence electrons. The molecule has 0 aliphatic carbocycles. The van der Waals surface area contributed by atoms with Crippen LogP contribution in [-0.2, 0) is 27.9 Å². The Morgan fingerprint density at radius 3 is 1.62 bits per heavy atom. The zero-order valence-corrected chi connectivity index (χ0v) is 34.6. The van der Waals surface area contributed by atoms with Crippen LogP contribution < -0.4 is 0 Å². The lowest BCUT2D eigenvalue weighted by molar-refractivity contribution is -0.154. The van der Waals surface area contributed by atoms with Crippen molar-refractivity contribution in [2.24, 2.45) is 0 Å². The Hall–Kier alpha value is -1.58. The molecule has 0 aromatic heterocycles. The van der Waals surface area contributed by atoms with E-state index in [1.54, 1.807) is 0 Å².